The zero-order valence-electron chi connectivity index (χ0n) is 9.83. The van der Waals surface area contributed by atoms with Crippen LogP contribution in [0.1, 0.15) is 5.69 Å². The molecule has 0 spiro atoms. The average Bonchev–Trinajstić information content (AvgIpc) is 2.70. The Hall–Kier alpha value is -2.02. The van der Waals surface area contributed by atoms with Crippen LogP contribution in [0.4, 0.5) is 5.82 Å². The van der Waals surface area contributed by atoms with Crippen molar-refractivity contribution in [1.82, 2.24) is 14.3 Å². The molecule has 0 amide bonds. The van der Waals surface area contributed by atoms with Gasteiger partial charge in [-0.25, -0.2) is 9.97 Å². The number of nitrogens with zero attached hydrogens (tertiary/aromatic N) is 4. The molecule has 0 aliphatic carbocycles. The van der Waals surface area contributed by atoms with Gasteiger partial charge in [-0.3, -0.25) is 4.79 Å². The average molecular weight is 264 g/mol. The van der Waals surface area contributed by atoms with Gasteiger partial charge < -0.3 is 10.0 Å². The van der Waals surface area contributed by atoms with Crippen LogP contribution in [0.2, 0.25) is 0 Å². The predicted molar refractivity (Wildman–Crippen MR) is 70.0 cm³/mol. The molecule has 0 bridgehead atoms. The number of aromatic nitrogens is 3. The number of carbonyl (C=O) groups is 1. The van der Waals surface area contributed by atoms with Crippen molar-refractivity contribution < 1.29 is 9.90 Å². The highest BCUT2D eigenvalue weighted by molar-refractivity contribution is 7.13. The summed E-state index contributed by atoms with van der Waals surface area (Å²) >= 11 is 1.28. The van der Waals surface area contributed by atoms with Crippen molar-refractivity contribution in [3.63, 3.8) is 0 Å². The predicted octanol–water partition coefficient (Wildman–Crippen LogP) is 1.47. The lowest BCUT2D eigenvalue weighted by Gasteiger charge is -2.20. The van der Waals surface area contributed by atoms with Gasteiger partial charge in [-0.1, -0.05) is 6.08 Å². The molecule has 0 aromatic carbocycles. The van der Waals surface area contributed by atoms with Gasteiger partial charge in [-0.2, -0.15) is 4.37 Å². The monoisotopic (exact) mass is 264 g/mol. The summed E-state index contributed by atoms with van der Waals surface area (Å²) in [5.74, 6) is -0.321. The summed E-state index contributed by atoms with van der Waals surface area (Å²) in [6, 6.07) is 0. The molecule has 2 aromatic rings. The second-order valence-electron chi connectivity index (χ2n) is 3.71. The zero-order chi connectivity index (χ0) is 13.1. The Morgan fingerprint density at radius 1 is 1.61 bits per heavy atom. The Bertz CT molecular complexity index is 596. The molecular formula is C11H12N4O2S. The SMILES string of the molecule is C=CCN(CC(=O)O)c1ncnc2snc(C)c12. The third-order valence-electron chi connectivity index (χ3n) is 2.40. The molecule has 18 heavy (non-hydrogen) atoms. The first-order valence-electron chi connectivity index (χ1n) is 5.28. The van der Waals surface area contributed by atoms with E-state index in [1.807, 2.05) is 6.92 Å². The lowest BCUT2D eigenvalue weighted by atomic mass is 10.3. The fourth-order valence-electron chi connectivity index (χ4n) is 1.69. The zero-order valence-corrected chi connectivity index (χ0v) is 10.6. The van der Waals surface area contributed by atoms with Gasteiger partial charge >= 0.3 is 5.97 Å². The number of hydrogen-bond donors (Lipinski definition) is 1. The first kappa shape index (κ1) is 12.4. The summed E-state index contributed by atoms with van der Waals surface area (Å²) in [4.78, 5) is 21.6. The Morgan fingerprint density at radius 3 is 3.06 bits per heavy atom. The van der Waals surface area contributed by atoms with Crippen LogP contribution in [0.3, 0.4) is 0 Å². The van der Waals surface area contributed by atoms with Gasteiger partial charge in [0.25, 0.3) is 0 Å². The maximum Gasteiger partial charge on any atom is 0.323 e. The number of rotatable bonds is 5. The highest BCUT2D eigenvalue weighted by Crippen LogP contribution is 2.28. The Balaban J connectivity index is 2.52. The smallest absolute Gasteiger partial charge is 0.323 e. The minimum absolute atomic E-state index is 0.132. The lowest BCUT2D eigenvalue weighted by Crippen LogP contribution is -2.30. The van der Waals surface area contributed by atoms with Crippen molar-refractivity contribution in [3.8, 4) is 0 Å². The largest absolute Gasteiger partial charge is 0.480 e. The normalized spacial score (nSPS) is 10.5. The summed E-state index contributed by atoms with van der Waals surface area (Å²) in [5, 5.41) is 9.74. The second-order valence-corrected chi connectivity index (χ2v) is 4.46. The van der Waals surface area contributed by atoms with Gasteiger partial charge in [0, 0.05) is 6.54 Å². The minimum Gasteiger partial charge on any atom is -0.480 e. The van der Waals surface area contributed by atoms with E-state index in [1.54, 1.807) is 11.0 Å². The van der Waals surface area contributed by atoms with Crippen LogP contribution in [-0.2, 0) is 4.79 Å². The molecule has 7 heteroatoms. The molecule has 2 heterocycles. The molecule has 0 fully saturated rings. The fraction of sp³-hybridized carbons (Fsp3) is 0.273. The first-order valence-corrected chi connectivity index (χ1v) is 6.05. The summed E-state index contributed by atoms with van der Waals surface area (Å²) in [6.45, 7) is 5.77. The molecule has 0 aliphatic heterocycles. The number of hydrogen-bond acceptors (Lipinski definition) is 6. The molecule has 6 nitrogen and oxygen atoms in total. The van der Waals surface area contributed by atoms with E-state index in [0.29, 0.717) is 12.4 Å². The minimum atomic E-state index is -0.913. The van der Waals surface area contributed by atoms with Crippen LogP contribution in [0.25, 0.3) is 10.2 Å². The van der Waals surface area contributed by atoms with Crippen molar-refractivity contribution in [2.75, 3.05) is 18.0 Å². The molecule has 0 atom stereocenters. The Kier molecular flexibility index (Phi) is 3.52. The molecule has 1 N–H and O–H groups in total. The molecule has 0 aliphatic rings. The van der Waals surface area contributed by atoms with Crippen LogP contribution >= 0.6 is 11.5 Å². The van der Waals surface area contributed by atoms with Crippen LogP contribution in [-0.4, -0.2) is 38.5 Å². The van der Waals surface area contributed by atoms with E-state index in [1.165, 1.54) is 17.9 Å². The van der Waals surface area contributed by atoms with E-state index in [-0.39, 0.29) is 6.54 Å². The van der Waals surface area contributed by atoms with Crippen LogP contribution in [0.5, 0.6) is 0 Å². The van der Waals surface area contributed by atoms with E-state index in [4.69, 9.17) is 5.11 Å². The standard InChI is InChI=1S/C11H12N4O2S/c1-3-4-15(5-8(16)17)10-9-7(2)14-18-11(9)13-6-12-10/h3,6H,1,4-5H2,2H3,(H,16,17). The summed E-state index contributed by atoms with van der Waals surface area (Å²) in [6.07, 6.45) is 3.07. The van der Waals surface area contributed by atoms with Crippen molar-refractivity contribution in [2.45, 2.75) is 6.92 Å². The molecule has 2 aromatic heterocycles. The molecule has 0 unspecified atom stereocenters. The molecule has 94 valence electrons. The van der Waals surface area contributed by atoms with Crippen LogP contribution < -0.4 is 4.90 Å². The summed E-state index contributed by atoms with van der Waals surface area (Å²) in [5.41, 5.74) is 0.810. The van der Waals surface area contributed by atoms with E-state index >= 15 is 0 Å². The van der Waals surface area contributed by atoms with E-state index in [2.05, 4.69) is 20.9 Å². The fourth-order valence-corrected chi connectivity index (χ4v) is 2.43. The van der Waals surface area contributed by atoms with Gasteiger partial charge in [0.2, 0.25) is 0 Å². The van der Waals surface area contributed by atoms with E-state index < -0.39 is 5.97 Å². The number of carboxylic acids is 1. The van der Waals surface area contributed by atoms with E-state index in [9.17, 15) is 4.79 Å². The quantitative estimate of drug-likeness (QED) is 0.824. The third-order valence-corrected chi connectivity index (χ3v) is 3.25. The van der Waals surface area contributed by atoms with Crippen molar-refractivity contribution >= 4 is 33.5 Å². The van der Waals surface area contributed by atoms with Crippen molar-refractivity contribution in [3.05, 3.63) is 24.7 Å². The molecule has 0 saturated carbocycles. The summed E-state index contributed by atoms with van der Waals surface area (Å²) < 4.78 is 4.22. The first-order chi connectivity index (χ1) is 8.63. The Labute approximate surface area is 108 Å². The number of anilines is 1. The summed E-state index contributed by atoms with van der Waals surface area (Å²) in [7, 11) is 0. The lowest BCUT2D eigenvalue weighted by molar-refractivity contribution is -0.135. The van der Waals surface area contributed by atoms with Gasteiger partial charge in [-0.05, 0) is 18.5 Å². The molecule has 0 radical (unpaired) electrons. The molecule has 0 saturated heterocycles. The molecule has 2 rings (SSSR count). The van der Waals surface area contributed by atoms with Gasteiger partial charge in [0.15, 0.2) is 0 Å². The number of carboxylic acid groups (broad SMARTS) is 1. The maximum absolute atomic E-state index is 10.9. The van der Waals surface area contributed by atoms with Gasteiger partial charge in [0.1, 0.15) is 23.5 Å². The highest BCUT2D eigenvalue weighted by atomic mass is 32.1. The Morgan fingerprint density at radius 2 is 2.39 bits per heavy atom. The molecular weight excluding hydrogens is 252 g/mol. The number of fused-ring (bicyclic) bond motifs is 1. The number of aliphatic carboxylic acids is 1. The topological polar surface area (TPSA) is 79.2 Å². The van der Waals surface area contributed by atoms with Crippen LogP contribution in [0, 0.1) is 6.92 Å². The second kappa shape index (κ2) is 5.09. The van der Waals surface area contributed by atoms with Gasteiger partial charge in [0.05, 0.1) is 11.1 Å². The van der Waals surface area contributed by atoms with Crippen LogP contribution in [0.15, 0.2) is 19.0 Å². The van der Waals surface area contributed by atoms with E-state index in [0.717, 1.165) is 15.9 Å². The maximum atomic E-state index is 10.9. The van der Waals surface area contributed by atoms with Crippen molar-refractivity contribution in [2.24, 2.45) is 0 Å². The van der Waals surface area contributed by atoms with Gasteiger partial charge in [-0.15, -0.1) is 6.58 Å². The highest BCUT2D eigenvalue weighted by Gasteiger charge is 2.17. The van der Waals surface area contributed by atoms with Crippen molar-refractivity contribution in [1.29, 1.82) is 0 Å². The number of aryl methyl sites for hydroxylation is 1. The third kappa shape index (κ3) is 2.30.